The molecule has 0 aromatic carbocycles. The van der Waals surface area contributed by atoms with Crippen LogP contribution in [0.25, 0.3) is 11.2 Å². The number of aliphatic hydroxyl groups excluding tert-OH is 2. The maximum absolute atomic E-state index is 13.3. The number of hydrogen-bond acceptors (Lipinski definition) is 13. The molecule has 204 valence electrons. The van der Waals surface area contributed by atoms with E-state index in [1.807, 2.05) is 0 Å². The van der Waals surface area contributed by atoms with Crippen molar-refractivity contribution in [1.82, 2.24) is 19.1 Å². The van der Waals surface area contributed by atoms with Crippen LogP contribution in [0.2, 0.25) is 0 Å². The first-order chi connectivity index (χ1) is 17.5. The van der Waals surface area contributed by atoms with Crippen molar-refractivity contribution in [3.8, 4) is 0 Å². The van der Waals surface area contributed by atoms with E-state index >= 15 is 0 Å². The lowest BCUT2D eigenvalue weighted by molar-refractivity contribution is -0.0509. The number of rotatable bonds is 3. The smallest absolute Gasteiger partial charge is 0.387 e. The van der Waals surface area contributed by atoms with E-state index in [4.69, 9.17) is 23.3 Å². The van der Waals surface area contributed by atoms with Gasteiger partial charge in [0.25, 0.3) is 5.56 Å². The maximum Gasteiger partial charge on any atom is 0.481 e. The average molecular weight is 566 g/mol. The first kappa shape index (κ1) is 26.7. The molecule has 0 spiro atoms. The number of imidazole rings is 1. The van der Waals surface area contributed by atoms with Gasteiger partial charge >= 0.3 is 15.6 Å². The molecule has 2 fully saturated rings. The number of ether oxygens (including phenoxy) is 3. The minimum Gasteiger partial charge on any atom is -0.387 e. The second-order valence-electron chi connectivity index (χ2n) is 8.46. The molecule has 4 N–H and O–H groups in total. The summed E-state index contributed by atoms with van der Waals surface area (Å²) in [5, 5.41) is 20.9. The van der Waals surface area contributed by atoms with Crippen molar-refractivity contribution in [3.63, 3.8) is 0 Å². The van der Waals surface area contributed by atoms with E-state index in [-0.39, 0.29) is 24.4 Å². The average Bonchev–Trinajstić information content (AvgIpc) is 3.51. The predicted molar refractivity (Wildman–Crippen MR) is 119 cm³/mol. The number of fused-ring (bicyclic) bond motifs is 7. The van der Waals surface area contributed by atoms with Crippen molar-refractivity contribution in [2.45, 2.75) is 42.8 Å². The zero-order chi connectivity index (χ0) is 26.5. The molecule has 6 rings (SSSR count). The van der Waals surface area contributed by atoms with Gasteiger partial charge in [-0.3, -0.25) is 23.0 Å². The Morgan fingerprint density at radius 2 is 1.73 bits per heavy atom. The van der Waals surface area contributed by atoms with Crippen molar-refractivity contribution >= 4 is 26.8 Å². The first-order valence-corrected chi connectivity index (χ1v) is 14.0. The third kappa shape index (κ3) is 5.11. The number of nitrogens with zero attached hydrogens (tertiary/aromatic N) is 4. The summed E-state index contributed by atoms with van der Waals surface area (Å²) in [5.74, 6) is 0. The summed E-state index contributed by atoms with van der Waals surface area (Å²) in [6.07, 6.45) is -3.89. The highest BCUT2D eigenvalue weighted by Crippen LogP contribution is 2.60. The molecule has 8 bridgehead atoms. The quantitative estimate of drug-likeness (QED) is 0.258. The molecular weight excluding hydrogens is 542 g/mol. The van der Waals surface area contributed by atoms with Crippen molar-refractivity contribution in [1.29, 1.82) is 0 Å². The minimum atomic E-state index is -5.20. The summed E-state index contributed by atoms with van der Waals surface area (Å²) in [7, 11) is -10.4. The molecule has 19 heteroatoms. The van der Waals surface area contributed by atoms with Crippen LogP contribution in [-0.2, 0) is 36.7 Å². The fourth-order valence-corrected chi connectivity index (χ4v) is 6.49. The summed E-state index contributed by atoms with van der Waals surface area (Å²) in [5.41, 5.74) is -0.610. The van der Waals surface area contributed by atoms with E-state index in [0.29, 0.717) is 0 Å². The zero-order valence-corrected chi connectivity index (χ0v) is 20.7. The minimum absolute atomic E-state index is 0.0352. The lowest BCUT2D eigenvalue weighted by Crippen LogP contribution is -2.38. The van der Waals surface area contributed by atoms with Crippen molar-refractivity contribution in [2.24, 2.45) is 0 Å². The zero-order valence-electron chi connectivity index (χ0n) is 19.0. The lowest BCUT2D eigenvalue weighted by Gasteiger charge is -2.25. The van der Waals surface area contributed by atoms with Crippen LogP contribution in [0.3, 0.4) is 0 Å². The van der Waals surface area contributed by atoms with Crippen LogP contribution in [0, 0.1) is 0 Å². The highest BCUT2D eigenvalue weighted by molar-refractivity contribution is 7.61. The van der Waals surface area contributed by atoms with Gasteiger partial charge in [-0.25, -0.2) is 19.1 Å². The van der Waals surface area contributed by atoms with E-state index in [1.54, 1.807) is 0 Å². The van der Waals surface area contributed by atoms with Gasteiger partial charge in [0.1, 0.15) is 36.8 Å². The third-order valence-electron chi connectivity index (χ3n) is 6.12. The Bertz CT molecular complexity index is 1330. The van der Waals surface area contributed by atoms with E-state index < -0.39 is 77.2 Å². The van der Waals surface area contributed by atoms with E-state index in [1.165, 1.54) is 27.9 Å². The van der Waals surface area contributed by atoms with Crippen LogP contribution < -0.4 is 5.56 Å². The summed E-state index contributed by atoms with van der Waals surface area (Å²) in [4.78, 5) is 41.6. The SMILES string of the molecule is C=CCO[C@H]1[C@H]2CO[C@@H]1COP(=O)(O)OP(=O)(O)OC[C@H]1O[C@H]([C@H](O)[C@@H]1O)n1cnc3c(=O)n2cnc31. The summed E-state index contributed by atoms with van der Waals surface area (Å²) >= 11 is 0. The summed E-state index contributed by atoms with van der Waals surface area (Å²) in [6, 6.07) is -0.771. The van der Waals surface area contributed by atoms with Crippen molar-refractivity contribution < 1.29 is 56.7 Å². The summed E-state index contributed by atoms with van der Waals surface area (Å²) in [6.45, 7) is 2.09. The molecule has 0 amide bonds. The van der Waals surface area contributed by atoms with Gasteiger partial charge in [0.2, 0.25) is 0 Å². The fraction of sp³-hybridized carbons (Fsp3) is 0.611. The molecule has 2 saturated heterocycles. The Balaban J connectivity index is 1.58. The second kappa shape index (κ2) is 10.0. The molecule has 0 radical (unpaired) electrons. The topological polar surface area (TPSA) is 223 Å². The molecule has 0 aliphatic carbocycles. The third-order valence-corrected chi connectivity index (χ3v) is 8.72. The van der Waals surface area contributed by atoms with E-state index in [9.17, 15) is 33.9 Å². The molecule has 17 nitrogen and oxygen atoms in total. The van der Waals surface area contributed by atoms with Crippen LogP contribution in [0.5, 0.6) is 0 Å². The van der Waals surface area contributed by atoms with Gasteiger partial charge < -0.3 is 34.2 Å². The van der Waals surface area contributed by atoms with Gasteiger partial charge in [0, 0.05) is 0 Å². The van der Waals surface area contributed by atoms with Gasteiger partial charge in [-0.15, -0.1) is 6.58 Å². The predicted octanol–water partition coefficient (Wildman–Crippen LogP) is -1.01. The van der Waals surface area contributed by atoms with Crippen LogP contribution in [0.4, 0.5) is 0 Å². The van der Waals surface area contributed by atoms with Crippen LogP contribution in [0.15, 0.2) is 30.1 Å². The lowest BCUT2D eigenvalue weighted by atomic mass is 10.1. The van der Waals surface area contributed by atoms with Gasteiger partial charge in [0.15, 0.2) is 17.4 Å². The Hall–Kier alpha value is -1.85. The number of phosphoric acid groups is 2. The molecular formula is C18H24N4O13P2. The number of hydrogen-bond donors (Lipinski definition) is 4. The highest BCUT2D eigenvalue weighted by atomic mass is 31.3. The molecule has 4 aliphatic rings. The maximum atomic E-state index is 13.3. The normalized spacial score (nSPS) is 40.7. The first-order valence-electron chi connectivity index (χ1n) is 11.0. The molecule has 2 unspecified atom stereocenters. The second-order valence-corrected chi connectivity index (χ2v) is 11.5. The Labute approximate surface area is 208 Å². The largest absolute Gasteiger partial charge is 0.481 e. The standard InChI is InChI=1S/C18H24N4O13P2/c1-2-3-30-15-9-4-31-11(15)6-33-37(28,29)35-36(26,27)32-5-10-13(23)14(24)18(34-10)22-7-19-12-16(22)20-8-21(9)17(12)25/h2,7-11,13-15,18,23-24H,1,3-6H2,(H,26,27)(H,28,29)/t9-,10-,11-,13-,14-,15+,18-/m1/s1. The van der Waals surface area contributed by atoms with Crippen LogP contribution in [0.1, 0.15) is 12.3 Å². The molecule has 9 atom stereocenters. The van der Waals surface area contributed by atoms with E-state index in [0.717, 1.165) is 0 Å². The Morgan fingerprint density at radius 3 is 2.43 bits per heavy atom. The van der Waals surface area contributed by atoms with Crippen molar-refractivity contribution in [2.75, 3.05) is 26.4 Å². The molecule has 37 heavy (non-hydrogen) atoms. The Morgan fingerprint density at radius 1 is 1.05 bits per heavy atom. The van der Waals surface area contributed by atoms with Gasteiger partial charge in [0.05, 0.1) is 38.8 Å². The number of aliphatic hydroxyl groups is 2. The number of phosphoric ester groups is 2. The molecule has 6 heterocycles. The van der Waals surface area contributed by atoms with Crippen LogP contribution >= 0.6 is 15.6 Å². The van der Waals surface area contributed by atoms with Gasteiger partial charge in [-0.2, -0.15) is 4.31 Å². The highest BCUT2D eigenvalue weighted by Gasteiger charge is 2.47. The summed E-state index contributed by atoms with van der Waals surface area (Å²) < 4.78 is 58.0. The molecule has 4 aliphatic heterocycles. The van der Waals surface area contributed by atoms with Gasteiger partial charge in [-0.05, 0) is 0 Å². The number of aromatic nitrogens is 4. The molecule has 2 aromatic rings. The molecule has 0 saturated carbocycles. The van der Waals surface area contributed by atoms with Crippen molar-refractivity contribution in [3.05, 3.63) is 35.7 Å². The van der Waals surface area contributed by atoms with Crippen LogP contribution in [-0.4, -0.2) is 96.0 Å². The van der Waals surface area contributed by atoms with E-state index in [2.05, 4.69) is 20.9 Å². The fourth-order valence-electron chi connectivity index (χ4n) is 4.40. The monoisotopic (exact) mass is 566 g/mol. The molecule has 2 aromatic heterocycles. The Kier molecular flexibility index (Phi) is 7.25. The van der Waals surface area contributed by atoms with Gasteiger partial charge in [-0.1, -0.05) is 6.08 Å².